The molecule has 0 amide bonds. The molecule has 1 fully saturated rings. The third kappa shape index (κ3) is 6.06. The number of fused-ring (bicyclic) bond motifs is 1. The van der Waals surface area contributed by atoms with Gasteiger partial charge in [-0.1, -0.05) is 56.3 Å². The summed E-state index contributed by atoms with van der Waals surface area (Å²) in [5.41, 5.74) is 12.1. The number of hydrogen-bond donors (Lipinski definition) is 1. The Morgan fingerprint density at radius 3 is 2.29 bits per heavy atom. The molecule has 0 radical (unpaired) electrons. The van der Waals surface area contributed by atoms with Crippen molar-refractivity contribution in [3.8, 4) is 34.1 Å². The van der Waals surface area contributed by atoms with Crippen molar-refractivity contribution >= 4 is 22.7 Å². The van der Waals surface area contributed by atoms with E-state index in [1.165, 1.54) is 12.7 Å². The molecule has 246 valence electrons. The number of methoxy groups -OCH3 is 1. The number of nitrogens with two attached hydrogens (primary N) is 1. The molecule has 0 bridgehead atoms. The molecule has 6 aromatic rings. The van der Waals surface area contributed by atoms with Gasteiger partial charge >= 0.3 is 0 Å². The third-order valence-electron chi connectivity index (χ3n) is 8.93. The predicted octanol–water partition coefficient (Wildman–Crippen LogP) is 5.85. The van der Waals surface area contributed by atoms with Crippen LogP contribution in [0.25, 0.3) is 39.5 Å². The lowest BCUT2D eigenvalue weighted by Crippen LogP contribution is -2.49. The van der Waals surface area contributed by atoms with Gasteiger partial charge < -0.3 is 15.4 Å². The van der Waals surface area contributed by atoms with Crippen LogP contribution in [0.3, 0.4) is 0 Å². The number of pyridine rings is 2. The maximum absolute atomic E-state index is 12.3. The van der Waals surface area contributed by atoms with Gasteiger partial charge in [-0.3, -0.25) is 19.1 Å². The number of aromatic nitrogens is 4. The van der Waals surface area contributed by atoms with Crippen molar-refractivity contribution in [1.29, 1.82) is 0 Å². The van der Waals surface area contributed by atoms with Gasteiger partial charge in [0.2, 0.25) is 0 Å². The van der Waals surface area contributed by atoms with E-state index in [1.54, 1.807) is 6.20 Å². The first-order valence-corrected chi connectivity index (χ1v) is 16.6. The average Bonchev–Trinajstić information content (AvgIpc) is 3.52. The lowest BCUT2D eigenvalue weighted by molar-refractivity contribution is 0.201. The zero-order valence-corrected chi connectivity index (χ0v) is 27.9. The normalized spacial score (nSPS) is 13.8. The molecule has 1 saturated heterocycles. The number of likely N-dealkylation sites (tertiary alicyclic amines) is 1. The molecule has 1 aliphatic heterocycles. The summed E-state index contributed by atoms with van der Waals surface area (Å²) in [5, 5.41) is 0. The molecule has 10 heteroatoms. The molecule has 7 rings (SSSR count). The summed E-state index contributed by atoms with van der Waals surface area (Å²) in [5.74, 6) is 1.29. The highest BCUT2D eigenvalue weighted by molar-refractivity contribution is 5.84. The van der Waals surface area contributed by atoms with Gasteiger partial charge in [0.05, 0.1) is 18.4 Å². The van der Waals surface area contributed by atoms with Crippen LogP contribution in [0, 0.1) is 0 Å². The van der Waals surface area contributed by atoms with Crippen molar-refractivity contribution in [1.82, 2.24) is 24.4 Å². The van der Waals surface area contributed by atoms with E-state index in [0.717, 1.165) is 66.1 Å². The number of imidazole rings is 1. The van der Waals surface area contributed by atoms with E-state index in [9.17, 15) is 9.59 Å². The van der Waals surface area contributed by atoms with Crippen molar-refractivity contribution < 1.29 is 4.74 Å². The van der Waals surface area contributed by atoms with E-state index >= 15 is 0 Å². The third-order valence-corrected chi connectivity index (χ3v) is 8.93. The largest absolute Gasteiger partial charge is 0.491 e. The number of piperidine rings is 1. The number of nitrogens with zero attached hydrogens (tertiary/aromatic N) is 6. The molecule has 0 spiro atoms. The molecule has 3 aromatic heterocycles. The first kappa shape index (κ1) is 32.6. The number of benzene rings is 2. The van der Waals surface area contributed by atoms with Crippen LogP contribution in [-0.2, 0) is 6.54 Å². The van der Waals surface area contributed by atoms with E-state index in [2.05, 4.69) is 38.7 Å². The molecule has 0 atom stereocenters. The predicted molar refractivity (Wildman–Crippen MR) is 193 cm³/mol. The summed E-state index contributed by atoms with van der Waals surface area (Å²) in [7, 11) is 1.45. The number of nitrogen functional groups attached to an aromatic ring is 1. The molecular formula is C38H41N7O3. The van der Waals surface area contributed by atoms with Gasteiger partial charge in [0.15, 0.2) is 17.2 Å². The van der Waals surface area contributed by atoms with E-state index < -0.39 is 10.9 Å². The van der Waals surface area contributed by atoms with Gasteiger partial charge in [-0.15, -0.1) is 0 Å². The number of anilines is 2. The summed E-state index contributed by atoms with van der Waals surface area (Å²) in [6.07, 6.45) is 3.48. The minimum absolute atomic E-state index is 0.195. The molecule has 1 aliphatic rings. The van der Waals surface area contributed by atoms with Crippen molar-refractivity contribution in [2.24, 2.45) is 0 Å². The summed E-state index contributed by atoms with van der Waals surface area (Å²) in [6.45, 7) is 9.27. The second-order valence-corrected chi connectivity index (χ2v) is 11.6. The molecular weight excluding hydrogens is 602 g/mol. The Morgan fingerprint density at radius 1 is 0.896 bits per heavy atom. The van der Waals surface area contributed by atoms with Gasteiger partial charge in [0.25, 0.3) is 10.9 Å². The Labute approximate surface area is 280 Å². The highest BCUT2D eigenvalue weighted by Crippen LogP contribution is 2.32. The standard InChI is InChI=1S/C36H35N7O3.C2H6/c1-3-42(30-31(44)32(45)33(30)46-2)25-17-20-41(21-18-25)22-23-11-13-26(14-12-23)43-35(27-10-7-19-38-34(27)37)40-29-16-15-28(39-36(29)43)24-8-5-4-6-9-24;1-2/h4-16,19,25H,3,17-18,20-22H2,1-2H3,(H2,37,38);1-2H3. The molecule has 2 N–H and O–H groups in total. The molecule has 4 heterocycles. The summed E-state index contributed by atoms with van der Waals surface area (Å²) in [6, 6.07) is 26.6. The highest BCUT2D eigenvalue weighted by Gasteiger charge is 2.32. The fourth-order valence-corrected chi connectivity index (χ4v) is 6.56. The van der Waals surface area contributed by atoms with Gasteiger partial charge in [0, 0.05) is 49.7 Å². The quantitative estimate of drug-likeness (QED) is 0.193. The van der Waals surface area contributed by atoms with Gasteiger partial charge in [0.1, 0.15) is 17.0 Å². The zero-order chi connectivity index (χ0) is 33.8. The fourth-order valence-electron chi connectivity index (χ4n) is 6.56. The molecule has 3 aromatic carbocycles. The molecule has 0 unspecified atom stereocenters. The van der Waals surface area contributed by atoms with Crippen LogP contribution in [-0.4, -0.2) is 57.2 Å². The van der Waals surface area contributed by atoms with Gasteiger partial charge in [-0.05, 0) is 61.7 Å². The Hall–Kier alpha value is -5.35. The Morgan fingerprint density at radius 2 is 1.62 bits per heavy atom. The van der Waals surface area contributed by atoms with E-state index in [4.69, 9.17) is 20.4 Å². The van der Waals surface area contributed by atoms with Crippen LogP contribution >= 0.6 is 0 Å². The van der Waals surface area contributed by atoms with Crippen LogP contribution in [0.5, 0.6) is 5.75 Å². The number of rotatable bonds is 9. The minimum atomic E-state index is -0.524. The van der Waals surface area contributed by atoms with Crippen molar-refractivity contribution in [2.75, 3.05) is 37.4 Å². The second kappa shape index (κ2) is 14.2. The monoisotopic (exact) mass is 643 g/mol. The highest BCUT2D eigenvalue weighted by atomic mass is 16.5. The smallest absolute Gasteiger partial charge is 0.272 e. The molecule has 10 nitrogen and oxygen atoms in total. The molecule has 48 heavy (non-hydrogen) atoms. The topological polar surface area (TPSA) is 119 Å². The van der Waals surface area contributed by atoms with Crippen LogP contribution in [0.2, 0.25) is 0 Å². The van der Waals surface area contributed by atoms with Crippen LogP contribution in [0.1, 0.15) is 39.2 Å². The summed E-state index contributed by atoms with van der Waals surface area (Å²) >= 11 is 0. The van der Waals surface area contributed by atoms with Crippen LogP contribution in [0.4, 0.5) is 11.5 Å². The SMILES string of the molecule is CC.CCN(c1c(OC)c(=O)c1=O)C1CCN(Cc2ccc(-n3c(-c4cccnc4N)nc4ccc(-c5ccccc5)nc43)cc2)CC1. The minimum Gasteiger partial charge on any atom is -0.491 e. The first-order valence-electron chi connectivity index (χ1n) is 16.6. The van der Waals surface area contributed by atoms with Crippen LogP contribution in [0.15, 0.2) is 94.6 Å². The van der Waals surface area contributed by atoms with Crippen molar-refractivity contribution in [2.45, 2.75) is 46.2 Å². The van der Waals surface area contributed by atoms with Gasteiger partial charge in [-0.2, -0.15) is 0 Å². The molecule has 0 saturated carbocycles. The lowest BCUT2D eigenvalue weighted by atomic mass is 10.0. The zero-order valence-electron chi connectivity index (χ0n) is 27.9. The van der Waals surface area contributed by atoms with E-state index in [-0.39, 0.29) is 11.8 Å². The maximum atomic E-state index is 12.3. The average molecular weight is 644 g/mol. The van der Waals surface area contributed by atoms with Gasteiger partial charge in [-0.25, -0.2) is 15.0 Å². The number of ether oxygens (including phenoxy) is 1. The maximum Gasteiger partial charge on any atom is 0.272 e. The Kier molecular flexibility index (Phi) is 9.63. The Bertz CT molecular complexity index is 2070. The second-order valence-electron chi connectivity index (χ2n) is 11.6. The Balaban J connectivity index is 0.00000197. The van der Waals surface area contributed by atoms with Crippen molar-refractivity contribution in [3.05, 3.63) is 111 Å². The molecule has 0 aliphatic carbocycles. The first-order chi connectivity index (χ1) is 23.5. The summed E-state index contributed by atoms with van der Waals surface area (Å²) < 4.78 is 7.27. The van der Waals surface area contributed by atoms with Crippen LogP contribution < -0.4 is 26.2 Å². The van der Waals surface area contributed by atoms with Crippen molar-refractivity contribution in [3.63, 3.8) is 0 Å². The number of hydrogen-bond acceptors (Lipinski definition) is 9. The summed E-state index contributed by atoms with van der Waals surface area (Å²) in [4.78, 5) is 43.0. The van der Waals surface area contributed by atoms with E-state index in [1.807, 2.05) is 80.3 Å². The lowest BCUT2D eigenvalue weighted by Gasteiger charge is -2.39. The van der Waals surface area contributed by atoms with E-state index in [0.29, 0.717) is 23.9 Å². The fraction of sp³-hybridized carbons (Fsp3) is 0.289.